The van der Waals surface area contributed by atoms with Crippen LogP contribution in [0, 0.1) is 5.92 Å². The number of ether oxygens (including phenoxy) is 1. The van der Waals surface area contributed by atoms with E-state index < -0.39 is 5.60 Å². The number of hydrogen-bond acceptors (Lipinski definition) is 5. The van der Waals surface area contributed by atoms with E-state index in [9.17, 15) is 9.90 Å². The van der Waals surface area contributed by atoms with Crippen molar-refractivity contribution in [1.29, 1.82) is 0 Å². The van der Waals surface area contributed by atoms with Crippen LogP contribution >= 0.6 is 0 Å². The number of benzene rings is 2. The second-order valence-corrected chi connectivity index (χ2v) is 11.4. The standard InChI is InChI=1S/C29H40N2O3/c1-21-18-31-20-26(22-10-7-6-8-11-22)30(15-14-27(33)34-28(2,3)4)19-24(31)17-29(21,5)23-12-9-13-25(32)16-23/h6-13,16,21,24,26,32H,14-15,17-20H2,1-5H3/t21-,24+,26+,29+/m0/s1. The van der Waals surface area contributed by atoms with Gasteiger partial charge in [0.1, 0.15) is 11.4 Å². The predicted molar refractivity (Wildman–Crippen MR) is 136 cm³/mol. The number of hydrogen-bond donors (Lipinski definition) is 1. The molecule has 0 aromatic heterocycles. The zero-order chi connectivity index (χ0) is 24.5. The lowest BCUT2D eigenvalue weighted by Gasteiger charge is -2.55. The molecular formula is C29H40N2O3. The number of esters is 1. The van der Waals surface area contributed by atoms with Crippen LogP contribution < -0.4 is 0 Å². The largest absolute Gasteiger partial charge is 0.508 e. The zero-order valence-electron chi connectivity index (χ0n) is 21.3. The molecule has 0 amide bonds. The number of aromatic hydroxyl groups is 1. The molecule has 2 aromatic carbocycles. The third kappa shape index (κ3) is 5.47. The zero-order valence-corrected chi connectivity index (χ0v) is 21.3. The second kappa shape index (κ2) is 9.71. The Bertz CT molecular complexity index is 986. The number of phenolic OH excluding ortho intramolecular Hbond substituents is 1. The first-order valence-electron chi connectivity index (χ1n) is 12.6. The van der Waals surface area contributed by atoms with Gasteiger partial charge in [-0.2, -0.15) is 0 Å². The van der Waals surface area contributed by atoms with E-state index in [0.717, 1.165) is 26.1 Å². The molecule has 2 aromatic rings. The van der Waals surface area contributed by atoms with Gasteiger partial charge in [-0.05, 0) is 61.8 Å². The van der Waals surface area contributed by atoms with Crippen LogP contribution in [0.4, 0.5) is 0 Å². The molecule has 0 unspecified atom stereocenters. The molecule has 0 bridgehead atoms. The Morgan fingerprint density at radius 1 is 1.09 bits per heavy atom. The molecule has 2 heterocycles. The van der Waals surface area contributed by atoms with Gasteiger partial charge in [-0.3, -0.25) is 14.6 Å². The van der Waals surface area contributed by atoms with Crippen LogP contribution in [-0.2, 0) is 14.9 Å². The van der Waals surface area contributed by atoms with Gasteiger partial charge in [0.05, 0.1) is 6.42 Å². The minimum absolute atomic E-state index is 0.00365. The molecule has 184 valence electrons. The normalized spacial score (nSPS) is 28.3. The fraction of sp³-hybridized carbons (Fsp3) is 0.552. The van der Waals surface area contributed by atoms with Crippen molar-refractivity contribution in [3.8, 4) is 5.75 Å². The highest BCUT2D eigenvalue weighted by molar-refractivity contribution is 5.70. The Kier molecular flexibility index (Phi) is 7.07. The van der Waals surface area contributed by atoms with Gasteiger partial charge in [-0.15, -0.1) is 0 Å². The Morgan fingerprint density at radius 2 is 1.82 bits per heavy atom. The molecule has 1 N–H and O–H groups in total. The van der Waals surface area contributed by atoms with Crippen LogP contribution in [0.5, 0.6) is 5.75 Å². The number of phenols is 1. The third-order valence-electron chi connectivity index (χ3n) is 7.78. The summed E-state index contributed by atoms with van der Waals surface area (Å²) in [7, 11) is 0. The lowest BCUT2D eigenvalue weighted by molar-refractivity contribution is -0.155. The number of nitrogens with zero attached hydrogens (tertiary/aromatic N) is 2. The molecule has 2 aliphatic rings. The highest BCUT2D eigenvalue weighted by atomic mass is 16.6. The Balaban J connectivity index is 1.55. The molecule has 5 nitrogen and oxygen atoms in total. The van der Waals surface area contributed by atoms with E-state index in [4.69, 9.17) is 4.74 Å². The van der Waals surface area contributed by atoms with Crippen LogP contribution in [0.3, 0.4) is 0 Å². The highest BCUT2D eigenvalue weighted by Gasteiger charge is 2.46. The molecular weight excluding hydrogens is 424 g/mol. The minimum Gasteiger partial charge on any atom is -0.508 e. The van der Waals surface area contributed by atoms with Crippen molar-refractivity contribution in [2.45, 2.75) is 70.6 Å². The van der Waals surface area contributed by atoms with Gasteiger partial charge in [-0.25, -0.2) is 0 Å². The summed E-state index contributed by atoms with van der Waals surface area (Å²) in [6, 6.07) is 19.1. The van der Waals surface area contributed by atoms with Gasteiger partial charge in [0.25, 0.3) is 0 Å². The Labute approximate surface area is 204 Å². The number of piperazine rings is 1. The van der Waals surface area contributed by atoms with E-state index in [1.54, 1.807) is 6.07 Å². The quantitative estimate of drug-likeness (QED) is 0.620. The lowest BCUT2D eigenvalue weighted by Crippen LogP contribution is -2.62. The topological polar surface area (TPSA) is 53.0 Å². The molecule has 2 aliphatic heterocycles. The monoisotopic (exact) mass is 464 g/mol. The minimum atomic E-state index is -0.461. The van der Waals surface area contributed by atoms with E-state index in [1.165, 1.54) is 11.1 Å². The van der Waals surface area contributed by atoms with Gasteiger partial charge in [0.2, 0.25) is 0 Å². The van der Waals surface area contributed by atoms with Crippen molar-refractivity contribution in [2.75, 3.05) is 26.2 Å². The number of carbonyl (C=O) groups is 1. The van der Waals surface area contributed by atoms with Crippen LogP contribution in [0.25, 0.3) is 0 Å². The van der Waals surface area contributed by atoms with Crippen LogP contribution in [0.2, 0.25) is 0 Å². The summed E-state index contributed by atoms with van der Waals surface area (Å²) in [6.45, 7) is 14.0. The fourth-order valence-electron chi connectivity index (χ4n) is 5.79. The first-order chi connectivity index (χ1) is 16.0. The number of fused-ring (bicyclic) bond motifs is 1. The first-order valence-corrected chi connectivity index (χ1v) is 12.6. The first kappa shape index (κ1) is 24.7. The van der Waals surface area contributed by atoms with E-state index in [0.29, 0.717) is 30.7 Å². The summed E-state index contributed by atoms with van der Waals surface area (Å²) in [4.78, 5) is 17.6. The Morgan fingerprint density at radius 3 is 2.50 bits per heavy atom. The maximum atomic E-state index is 12.5. The highest BCUT2D eigenvalue weighted by Crippen LogP contribution is 2.45. The molecule has 2 saturated heterocycles. The van der Waals surface area contributed by atoms with E-state index in [-0.39, 0.29) is 17.4 Å². The van der Waals surface area contributed by atoms with Gasteiger partial charge in [0, 0.05) is 38.3 Å². The second-order valence-electron chi connectivity index (χ2n) is 11.4. The molecule has 0 saturated carbocycles. The number of carbonyl (C=O) groups excluding carboxylic acids is 1. The maximum absolute atomic E-state index is 12.5. The molecule has 0 aliphatic carbocycles. The fourth-order valence-corrected chi connectivity index (χ4v) is 5.79. The molecule has 0 spiro atoms. The van der Waals surface area contributed by atoms with E-state index in [2.05, 4.69) is 60.0 Å². The van der Waals surface area contributed by atoms with Crippen molar-refractivity contribution in [3.05, 3.63) is 65.7 Å². The van der Waals surface area contributed by atoms with Crippen molar-refractivity contribution in [3.63, 3.8) is 0 Å². The lowest BCUT2D eigenvalue weighted by atomic mass is 9.65. The smallest absolute Gasteiger partial charge is 0.307 e. The predicted octanol–water partition coefficient (Wildman–Crippen LogP) is 5.15. The maximum Gasteiger partial charge on any atom is 0.307 e. The molecule has 4 rings (SSSR count). The SMILES string of the molecule is C[C@H]1CN2C[C@H](c3ccccc3)N(CCC(=O)OC(C)(C)C)C[C@H]2C[C@@]1(C)c1cccc(O)c1. The summed E-state index contributed by atoms with van der Waals surface area (Å²) in [5.41, 5.74) is 2.05. The van der Waals surface area contributed by atoms with Gasteiger partial charge in [-0.1, -0.05) is 56.3 Å². The molecule has 0 radical (unpaired) electrons. The molecule has 4 atom stereocenters. The van der Waals surface area contributed by atoms with E-state index in [1.807, 2.05) is 32.9 Å². The molecule has 5 heteroatoms. The summed E-state index contributed by atoms with van der Waals surface area (Å²) in [5.74, 6) is 0.666. The average molecular weight is 465 g/mol. The molecule has 34 heavy (non-hydrogen) atoms. The van der Waals surface area contributed by atoms with Crippen molar-refractivity contribution in [2.24, 2.45) is 5.92 Å². The van der Waals surface area contributed by atoms with Crippen molar-refractivity contribution < 1.29 is 14.6 Å². The summed E-state index contributed by atoms with van der Waals surface area (Å²) in [6.07, 6.45) is 1.43. The van der Waals surface area contributed by atoms with Crippen molar-refractivity contribution in [1.82, 2.24) is 9.80 Å². The summed E-state index contributed by atoms with van der Waals surface area (Å²) >= 11 is 0. The van der Waals surface area contributed by atoms with Gasteiger partial charge < -0.3 is 9.84 Å². The average Bonchev–Trinajstić information content (AvgIpc) is 2.77. The Hall–Kier alpha value is -2.37. The van der Waals surface area contributed by atoms with Crippen LogP contribution in [-0.4, -0.2) is 58.7 Å². The van der Waals surface area contributed by atoms with Gasteiger partial charge in [0.15, 0.2) is 0 Å². The number of piperidine rings is 1. The van der Waals surface area contributed by atoms with E-state index >= 15 is 0 Å². The van der Waals surface area contributed by atoms with Crippen LogP contribution in [0.15, 0.2) is 54.6 Å². The van der Waals surface area contributed by atoms with Crippen LogP contribution in [0.1, 0.15) is 64.6 Å². The van der Waals surface area contributed by atoms with Crippen molar-refractivity contribution >= 4 is 5.97 Å². The summed E-state index contributed by atoms with van der Waals surface area (Å²) in [5, 5.41) is 10.1. The summed E-state index contributed by atoms with van der Waals surface area (Å²) < 4.78 is 5.59. The number of rotatable bonds is 5. The third-order valence-corrected chi connectivity index (χ3v) is 7.78. The van der Waals surface area contributed by atoms with Gasteiger partial charge >= 0.3 is 5.97 Å². The molecule has 2 fully saturated rings.